The minimum atomic E-state index is -0.458. The molecular weight excluding hydrogens is 496 g/mol. The molecule has 0 radical (unpaired) electrons. The predicted molar refractivity (Wildman–Crippen MR) is 146 cm³/mol. The number of fused-ring (bicyclic) bond motifs is 2. The Morgan fingerprint density at radius 1 is 0.703 bits per heavy atom. The molecule has 0 saturated carbocycles. The maximum atomic E-state index is 11.8. The van der Waals surface area contributed by atoms with E-state index in [2.05, 4.69) is 24.5 Å². The first-order valence-corrected chi connectivity index (χ1v) is 13.1. The van der Waals surface area contributed by atoms with Crippen LogP contribution in [0.15, 0.2) is 42.5 Å². The number of halogens is 1. The van der Waals surface area contributed by atoms with Crippen LogP contribution in [0.3, 0.4) is 0 Å². The summed E-state index contributed by atoms with van der Waals surface area (Å²) < 4.78 is 22.7. The molecule has 9 heteroatoms. The quantitative estimate of drug-likeness (QED) is 0.183. The van der Waals surface area contributed by atoms with Crippen LogP contribution in [0.2, 0.25) is 5.02 Å². The van der Waals surface area contributed by atoms with Crippen LogP contribution >= 0.6 is 11.6 Å². The van der Waals surface area contributed by atoms with Gasteiger partial charge in [-0.2, -0.15) is 0 Å². The summed E-state index contributed by atoms with van der Waals surface area (Å²) in [4.78, 5) is 23.6. The number of carbonyl (C=O) groups is 2. The van der Waals surface area contributed by atoms with Gasteiger partial charge in [0.15, 0.2) is 0 Å². The number of benzene rings is 3. The van der Waals surface area contributed by atoms with Crippen LogP contribution < -0.4 is 20.1 Å². The summed E-state index contributed by atoms with van der Waals surface area (Å²) in [6.45, 7) is 5.85. The SMILES string of the molecule is CCCCNC(=O)OCCOc1c2ccccc2c(OCCOC(=O)NCCCC)c2cc(Cl)ccc12. The summed E-state index contributed by atoms with van der Waals surface area (Å²) in [5, 5.41) is 9.24. The molecule has 0 bridgehead atoms. The van der Waals surface area contributed by atoms with Crippen molar-refractivity contribution in [2.75, 3.05) is 39.5 Å². The molecule has 8 nitrogen and oxygen atoms in total. The zero-order valence-corrected chi connectivity index (χ0v) is 22.2. The van der Waals surface area contributed by atoms with Gasteiger partial charge in [0.05, 0.1) is 0 Å². The molecule has 2 N–H and O–H groups in total. The second kappa shape index (κ2) is 15.0. The summed E-state index contributed by atoms with van der Waals surface area (Å²) in [6.07, 6.45) is 2.88. The minimum absolute atomic E-state index is 0.101. The van der Waals surface area contributed by atoms with Gasteiger partial charge in [0, 0.05) is 39.7 Å². The Kier molecular flexibility index (Phi) is 11.4. The smallest absolute Gasteiger partial charge is 0.407 e. The van der Waals surface area contributed by atoms with E-state index in [0.717, 1.165) is 47.2 Å². The van der Waals surface area contributed by atoms with Gasteiger partial charge in [-0.25, -0.2) is 9.59 Å². The lowest BCUT2D eigenvalue weighted by atomic mass is 10.0. The van der Waals surface area contributed by atoms with Crippen LogP contribution in [-0.2, 0) is 9.47 Å². The molecule has 3 rings (SSSR count). The van der Waals surface area contributed by atoms with Crippen molar-refractivity contribution in [3.05, 3.63) is 47.5 Å². The van der Waals surface area contributed by atoms with E-state index in [1.165, 1.54) is 0 Å². The molecule has 37 heavy (non-hydrogen) atoms. The first kappa shape index (κ1) is 28.2. The van der Waals surface area contributed by atoms with E-state index >= 15 is 0 Å². The fraction of sp³-hybridized carbons (Fsp3) is 0.429. The van der Waals surface area contributed by atoms with Crippen molar-refractivity contribution in [3.63, 3.8) is 0 Å². The van der Waals surface area contributed by atoms with Crippen molar-refractivity contribution < 1.29 is 28.5 Å². The predicted octanol–water partition coefficient (Wildman–Crippen LogP) is 6.46. The van der Waals surface area contributed by atoms with Gasteiger partial charge in [-0.15, -0.1) is 0 Å². The lowest BCUT2D eigenvalue weighted by molar-refractivity contribution is 0.124. The highest BCUT2D eigenvalue weighted by Crippen LogP contribution is 2.43. The van der Waals surface area contributed by atoms with Gasteiger partial charge < -0.3 is 29.6 Å². The van der Waals surface area contributed by atoms with Crippen LogP contribution in [-0.4, -0.2) is 51.7 Å². The molecule has 3 aromatic rings. The van der Waals surface area contributed by atoms with Gasteiger partial charge in [-0.1, -0.05) is 62.6 Å². The number of carbonyl (C=O) groups excluding carboxylic acids is 2. The van der Waals surface area contributed by atoms with Crippen molar-refractivity contribution in [1.29, 1.82) is 0 Å². The Bertz CT molecular complexity index is 1190. The Labute approximate surface area is 222 Å². The van der Waals surface area contributed by atoms with Crippen LogP contribution in [0.25, 0.3) is 21.5 Å². The topological polar surface area (TPSA) is 95.1 Å². The fourth-order valence-corrected chi connectivity index (χ4v) is 3.95. The number of hydrogen-bond donors (Lipinski definition) is 2. The largest absolute Gasteiger partial charge is 0.489 e. The van der Waals surface area contributed by atoms with E-state index in [-0.39, 0.29) is 26.4 Å². The van der Waals surface area contributed by atoms with E-state index in [0.29, 0.717) is 29.6 Å². The normalized spacial score (nSPS) is 10.8. The highest BCUT2D eigenvalue weighted by molar-refractivity contribution is 6.31. The number of unbranched alkanes of at least 4 members (excludes halogenated alkanes) is 2. The number of ether oxygens (including phenoxy) is 4. The van der Waals surface area contributed by atoms with Gasteiger partial charge in [-0.05, 0) is 31.0 Å². The van der Waals surface area contributed by atoms with E-state index < -0.39 is 12.2 Å². The standard InChI is InChI=1S/C28H35ClN2O6/c1-3-5-13-30-27(32)36-17-15-34-25-21-9-7-8-10-22(21)26(24-19-20(29)11-12-23(24)25)35-16-18-37-28(33)31-14-6-4-2/h7-12,19H,3-6,13-18H2,1-2H3,(H,30,32)(H,31,33). The average Bonchev–Trinajstić information content (AvgIpc) is 2.89. The van der Waals surface area contributed by atoms with E-state index in [1.807, 2.05) is 36.4 Å². The van der Waals surface area contributed by atoms with Gasteiger partial charge in [-0.3, -0.25) is 0 Å². The van der Waals surface area contributed by atoms with Crippen molar-refractivity contribution in [1.82, 2.24) is 10.6 Å². The maximum absolute atomic E-state index is 11.8. The molecule has 200 valence electrons. The molecule has 0 aliphatic rings. The molecule has 0 atom stereocenters. The van der Waals surface area contributed by atoms with Gasteiger partial charge in [0.25, 0.3) is 0 Å². The molecule has 0 fully saturated rings. The lowest BCUT2D eigenvalue weighted by Crippen LogP contribution is -2.26. The first-order chi connectivity index (χ1) is 18.0. The number of alkyl carbamates (subject to hydrolysis) is 2. The summed E-state index contributed by atoms with van der Waals surface area (Å²) in [7, 11) is 0. The van der Waals surface area contributed by atoms with Gasteiger partial charge in [0.1, 0.15) is 37.9 Å². The zero-order chi connectivity index (χ0) is 26.5. The molecule has 0 heterocycles. The molecule has 0 aliphatic carbocycles. The minimum Gasteiger partial charge on any atom is -0.489 e. The number of nitrogens with one attached hydrogen (secondary N) is 2. The molecule has 0 spiro atoms. The lowest BCUT2D eigenvalue weighted by Gasteiger charge is -2.18. The maximum Gasteiger partial charge on any atom is 0.407 e. The van der Waals surface area contributed by atoms with E-state index in [4.69, 9.17) is 30.5 Å². The second-order valence-corrected chi connectivity index (χ2v) is 8.86. The zero-order valence-electron chi connectivity index (χ0n) is 21.4. The van der Waals surface area contributed by atoms with Crippen molar-refractivity contribution in [2.24, 2.45) is 0 Å². The average molecular weight is 531 g/mol. The first-order valence-electron chi connectivity index (χ1n) is 12.8. The third-order valence-electron chi connectivity index (χ3n) is 5.61. The summed E-state index contributed by atoms with van der Waals surface area (Å²) in [5.74, 6) is 1.28. The fourth-order valence-electron chi connectivity index (χ4n) is 3.78. The number of hydrogen-bond acceptors (Lipinski definition) is 6. The summed E-state index contributed by atoms with van der Waals surface area (Å²) in [5.41, 5.74) is 0. The van der Waals surface area contributed by atoms with E-state index in [1.54, 1.807) is 6.07 Å². The van der Waals surface area contributed by atoms with Crippen LogP contribution in [0.1, 0.15) is 39.5 Å². The monoisotopic (exact) mass is 530 g/mol. The number of amides is 2. The Morgan fingerprint density at radius 3 is 1.70 bits per heavy atom. The molecule has 0 saturated heterocycles. The molecule has 0 aliphatic heterocycles. The second-order valence-electron chi connectivity index (χ2n) is 8.42. The van der Waals surface area contributed by atoms with Crippen LogP contribution in [0.5, 0.6) is 11.5 Å². The highest BCUT2D eigenvalue weighted by atomic mass is 35.5. The van der Waals surface area contributed by atoms with Crippen molar-refractivity contribution in [2.45, 2.75) is 39.5 Å². The third kappa shape index (κ3) is 8.32. The Balaban J connectivity index is 1.74. The number of rotatable bonds is 14. The summed E-state index contributed by atoms with van der Waals surface area (Å²) >= 11 is 6.33. The van der Waals surface area contributed by atoms with Crippen molar-refractivity contribution >= 4 is 45.3 Å². The third-order valence-corrected chi connectivity index (χ3v) is 5.85. The molecular formula is C28H35ClN2O6. The van der Waals surface area contributed by atoms with Gasteiger partial charge >= 0.3 is 12.2 Å². The van der Waals surface area contributed by atoms with E-state index in [9.17, 15) is 9.59 Å². The molecule has 0 aromatic heterocycles. The highest BCUT2D eigenvalue weighted by Gasteiger charge is 2.17. The molecule has 0 unspecified atom stereocenters. The van der Waals surface area contributed by atoms with Crippen molar-refractivity contribution in [3.8, 4) is 11.5 Å². The van der Waals surface area contributed by atoms with Gasteiger partial charge in [0.2, 0.25) is 0 Å². The Hall–Kier alpha value is -3.39. The van der Waals surface area contributed by atoms with Crippen LogP contribution in [0.4, 0.5) is 9.59 Å². The Morgan fingerprint density at radius 2 is 1.19 bits per heavy atom. The molecule has 3 aromatic carbocycles. The summed E-state index contributed by atoms with van der Waals surface area (Å²) in [6, 6.07) is 13.2. The van der Waals surface area contributed by atoms with Crippen LogP contribution in [0, 0.1) is 0 Å². The molecule has 2 amide bonds.